The number of fused-ring (bicyclic) bond motifs is 1. The molecule has 3 aromatic rings. The molecule has 1 unspecified atom stereocenters. The molecule has 2 heterocycles. The number of anilines is 1. The van der Waals surface area contributed by atoms with E-state index in [0.29, 0.717) is 39.9 Å². The summed E-state index contributed by atoms with van der Waals surface area (Å²) in [7, 11) is 4.59. The predicted octanol–water partition coefficient (Wildman–Crippen LogP) is 3.52. The van der Waals surface area contributed by atoms with Crippen LogP contribution >= 0.6 is 0 Å². The van der Waals surface area contributed by atoms with Crippen LogP contribution in [0.4, 0.5) is 5.82 Å². The van der Waals surface area contributed by atoms with E-state index in [2.05, 4.69) is 10.4 Å². The lowest BCUT2D eigenvalue weighted by molar-refractivity contribution is -0.116. The highest BCUT2D eigenvalue weighted by molar-refractivity contribution is 6.10. The molecule has 1 aromatic heterocycles. The fourth-order valence-corrected chi connectivity index (χ4v) is 3.95. The van der Waals surface area contributed by atoms with Crippen molar-refractivity contribution in [2.45, 2.75) is 19.3 Å². The van der Waals surface area contributed by atoms with Crippen molar-refractivity contribution < 1.29 is 23.8 Å². The summed E-state index contributed by atoms with van der Waals surface area (Å²) in [6.07, 6.45) is 0.0161. The monoisotopic (exact) mass is 421 g/mol. The van der Waals surface area contributed by atoms with Crippen LogP contribution < -0.4 is 19.5 Å². The molecule has 0 aliphatic carbocycles. The number of Topliss-reactive ketones (excluding diaryl/α,β-unsaturated/α-hetero) is 1. The topological polar surface area (TPSA) is 91.7 Å². The van der Waals surface area contributed by atoms with Gasteiger partial charge in [0.05, 0.1) is 38.6 Å². The molecule has 1 aliphatic rings. The van der Waals surface area contributed by atoms with E-state index >= 15 is 0 Å². The lowest BCUT2D eigenvalue weighted by Gasteiger charge is -2.24. The first-order chi connectivity index (χ1) is 15.0. The Bertz CT molecular complexity index is 1130. The highest BCUT2D eigenvalue weighted by Crippen LogP contribution is 2.41. The molecule has 1 amide bonds. The second-order valence-electron chi connectivity index (χ2n) is 7.16. The molecule has 1 atom stereocenters. The second-order valence-corrected chi connectivity index (χ2v) is 7.16. The Balaban J connectivity index is 1.83. The maximum Gasteiger partial charge on any atom is 0.226 e. The normalized spacial score (nSPS) is 15.1. The average Bonchev–Trinajstić information content (AvgIpc) is 3.13. The smallest absolute Gasteiger partial charge is 0.226 e. The number of ether oxygens (including phenoxy) is 3. The Hall–Kier alpha value is -3.81. The minimum atomic E-state index is -0.707. The van der Waals surface area contributed by atoms with E-state index in [0.717, 1.165) is 5.69 Å². The molecule has 2 aromatic carbocycles. The van der Waals surface area contributed by atoms with Gasteiger partial charge in [0, 0.05) is 12.0 Å². The quantitative estimate of drug-likeness (QED) is 0.613. The molecular formula is C23H23N3O5. The standard InChI is InChI=1S/C23H23N3O5/c1-13-20-16(22(28)21-17(30-3)6-5-7-18(21)31-4)12-19(27)24-23(20)26(25-13)14-8-10-15(29-2)11-9-14/h5-11,16H,12H2,1-4H3,(H,24,27). The first-order valence-electron chi connectivity index (χ1n) is 9.77. The minimum Gasteiger partial charge on any atom is -0.497 e. The van der Waals surface area contributed by atoms with E-state index < -0.39 is 5.92 Å². The van der Waals surface area contributed by atoms with Crippen molar-refractivity contribution in [1.29, 1.82) is 0 Å². The second kappa shape index (κ2) is 8.14. The maximum atomic E-state index is 13.7. The third-order valence-corrected chi connectivity index (χ3v) is 5.41. The third-order valence-electron chi connectivity index (χ3n) is 5.41. The van der Waals surface area contributed by atoms with Gasteiger partial charge < -0.3 is 19.5 Å². The average molecular weight is 421 g/mol. The lowest BCUT2D eigenvalue weighted by atomic mass is 9.85. The maximum absolute atomic E-state index is 13.7. The summed E-state index contributed by atoms with van der Waals surface area (Å²) in [5, 5.41) is 7.50. The fourth-order valence-electron chi connectivity index (χ4n) is 3.95. The third kappa shape index (κ3) is 3.50. The molecule has 0 radical (unpaired) electrons. The summed E-state index contributed by atoms with van der Waals surface area (Å²) >= 11 is 0. The molecule has 1 N–H and O–H groups in total. The van der Waals surface area contributed by atoms with Gasteiger partial charge in [0.25, 0.3) is 0 Å². The number of aromatic nitrogens is 2. The van der Waals surface area contributed by atoms with E-state index in [1.54, 1.807) is 30.0 Å². The lowest BCUT2D eigenvalue weighted by Crippen LogP contribution is -2.29. The van der Waals surface area contributed by atoms with Crippen molar-refractivity contribution in [3.05, 3.63) is 59.3 Å². The van der Waals surface area contributed by atoms with Crippen molar-refractivity contribution in [1.82, 2.24) is 9.78 Å². The minimum absolute atomic E-state index is 0.0161. The Morgan fingerprint density at radius 3 is 2.26 bits per heavy atom. The van der Waals surface area contributed by atoms with E-state index in [1.807, 2.05) is 31.2 Å². The van der Waals surface area contributed by atoms with Gasteiger partial charge in [-0.05, 0) is 43.3 Å². The number of aryl methyl sites for hydroxylation is 1. The zero-order valence-electron chi connectivity index (χ0n) is 17.8. The van der Waals surface area contributed by atoms with Crippen molar-refractivity contribution in [2.24, 2.45) is 0 Å². The van der Waals surface area contributed by atoms with Crippen LogP contribution in [0.15, 0.2) is 42.5 Å². The van der Waals surface area contributed by atoms with Gasteiger partial charge in [0.1, 0.15) is 28.6 Å². The Morgan fingerprint density at radius 2 is 1.68 bits per heavy atom. The molecule has 8 nitrogen and oxygen atoms in total. The SMILES string of the molecule is COc1ccc(-n2nc(C)c3c2NC(=O)CC3C(=O)c2c(OC)cccc2OC)cc1. The number of ketones is 1. The van der Waals surface area contributed by atoms with Crippen LogP contribution in [-0.2, 0) is 4.79 Å². The van der Waals surface area contributed by atoms with Crippen LogP contribution in [0.5, 0.6) is 17.2 Å². The van der Waals surface area contributed by atoms with Crippen LogP contribution in [-0.4, -0.2) is 42.8 Å². The van der Waals surface area contributed by atoms with Crippen molar-refractivity contribution in [2.75, 3.05) is 26.6 Å². The Morgan fingerprint density at radius 1 is 1.03 bits per heavy atom. The summed E-state index contributed by atoms with van der Waals surface area (Å²) in [6.45, 7) is 1.83. The molecular weight excluding hydrogens is 398 g/mol. The largest absolute Gasteiger partial charge is 0.497 e. The van der Waals surface area contributed by atoms with Gasteiger partial charge in [0.15, 0.2) is 5.78 Å². The zero-order chi connectivity index (χ0) is 22.1. The van der Waals surface area contributed by atoms with Gasteiger partial charge in [-0.2, -0.15) is 5.10 Å². The number of hydrogen-bond acceptors (Lipinski definition) is 6. The van der Waals surface area contributed by atoms with Gasteiger partial charge in [-0.15, -0.1) is 0 Å². The van der Waals surface area contributed by atoms with Crippen LogP contribution in [0, 0.1) is 6.92 Å². The number of amides is 1. The highest BCUT2D eigenvalue weighted by Gasteiger charge is 2.38. The molecule has 1 aliphatic heterocycles. The Kier molecular flexibility index (Phi) is 5.37. The van der Waals surface area contributed by atoms with Crippen LogP contribution in [0.2, 0.25) is 0 Å². The molecule has 0 bridgehead atoms. The molecule has 0 fully saturated rings. The summed E-state index contributed by atoms with van der Waals surface area (Å²) < 4.78 is 17.7. The molecule has 160 valence electrons. The summed E-state index contributed by atoms with van der Waals surface area (Å²) in [6, 6.07) is 12.5. The van der Waals surface area contributed by atoms with E-state index in [1.165, 1.54) is 14.2 Å². The van der Waals surface area contributed by atoms with Crippen molar-refractivity contribution in [3.63, 3.8) is 0 Å². The number of methoxy groups -OCH3 is 3. The van der Waals surface area contributed by atoms with Gasteiger partial charge >= 0.3 is 0 Å². The van der Waals surface area contributed by atoms with Crippen molar-refractivity contribution >= 4 is 17.5 Å². The summed E-state index contributed by atoms with van der Waals surface area (Å²) in [5.41, 5.74) is 2.41. The number of hydrogen-bond donors (Lipinski definition) is 1. The van der Waals surface area contributed by atoms with E-state index in [-0.39, 0.29) is 18.1 Å². The first-order valence-corrected chi connectivity index (χ1v) is 9.77. The molecule has 31 heavy (non-hydrogen) atoms. The number of carbonyl (C=O) groups excluding carboxylic acids is 2. The van der Waals surface area contributed by atoms with Crippen LogP contribution in [0.3, 0.4) is 0 Å². The summed E-state index contributed by atoms with van der Waals surface area (Å²) in [4.78, 5) is 26.2. The molecule has 0 spiro atoms. The van der Waals surface area contributed by atoms with Crippen LogP contribution in [0.1, 0.15) is 34.0 Å². The van der Waals surface area contributed by atoms with Gasteiger partial charge in [-0.25, -0.2) is 4.68 Å². The van der Waals surface area contributed by atoms with Crippen molar-refractivity contribution in [3.8, 4) is 22.9 Å². The van der Waals surface area contributed by atoms with E-state index in [9.17, 15) is 9.59 Å². The highest BCUT2D eigenvalue weighted by atomic mass is 16.5. The van der Waals surface area contributed by atoms with Gasteiger partial charge in [-0.3, -0.25) is 9.59 Å². The molecule has 0 saturated heterocycles. The van der Waals surface area contributed by atoms with Gasteiger partial charge in [-0.1, -0.05) is 6.07 Å². The number of carbonyl (C=O) groups is 2. The van der Waals surface area contributed by atoms with E-state index in [4.69, 9.17) is 14.2 Å². The number of nitrogens with zero attached hydrogens (tertiary/aromatic N) is 2. The molecule has 4 rings (SSSR count). The zero-order valence-corrected chi connectivity index (χ0v) is 17.8. The molecule has 0 saturated carbocycles. The number of benzene rings is 2. The predicted molar refractivity (Wildman–Crippen MR) is 115 cm³/mol. The number of rotatable bonds is 6. The Labute approximate surface area is 179 Å². The first kappa shape index (κ1) is 20.5. The van der Waals surface area contributed by atoms with Gasteiger partial charge in [0.2, 0.25) is 5.91 Å². The molecule has 8 heteroatoms. The number of nitrogens with one attached hydrogen (secondary N) is 1. The van der Waals surface area contributed by atoms with Crippen LogP contribution in [0.25, 0.3) is 5.69 Å². The fraction of sp³-hybridized carbons (Fsp3) is 0.261. The summed E-state index contributed by atoms with van der Waals surface area (Å²) in [5.74, 6) is 0.792.